The quantitative estimate of drug-likeness (QED) is 0.205. The van der Waals surface area contributed by atoms with Crippen LogP contribution >= 0.6 is 0 Å². The molecule has 0 fully saturated rings. The van der Waals surface area contributed by atoms with Gasteiger partial charge in [-0.2, -0.15) is 0 Å². The van der Waals surface area contributed by atoms with Gasteiger partial charge in [0.25, 0.3) is 0 Å². The smallest absolute Gasteiger partial charge is 0.196 e. The summed E-state index contributed by atoms with van der Waals surface area (Å²) in [7, 11) is 0. The van der Waals surface area contributed by atoms with Crippen LogP contribution in [0.2, 0.25) is 0 Å². The second-order valence-electron chi connectivity index (χ2n) is 12.6. The SMILES string of the molecule is c1ccc(-c2cccc(N(c3ccc4c(c3)oc3ccccc34)c3ccc4ccc5c(c4c3)OC(c3ccc4ccccc4c3)N5)c2)cc1. The molecule has 49 heavy (non-hydrogen) atoms. The molecule has 0 aliphatic carbocycles. The number of furan rings is 1. The molecule has 0 bridgehead atoms. The second kappa shape index (κ2) is 11.0. The highest BCUT2D eigenvalue weighted by Gasteiger charge is 2.26. The Morgan fingerprint density at radius 2 is 1.16 bits per heavy atom. The molecular weight excluding hydrogens is 601 g/mol. The number of fused-ring (bicyclic) bond motifs is 7. The van der Waals surface area contributed by atoms with Gasteiger partial charge in [-0.15, -0.1) is 0 Å². The summed E-state index contributed by atoms with van der Waals surface area (Å²) >= 11 is 0. The molecule has 10 rings (SSSR count). The van der Waals surface area contributed by atoms with Crippen LogP contribution in [0.25, 0.3) is 54.6 Å². The molecule has 0 saturated heterocycles. The lowest BCUT2D eigenvalue weighted by Crippen LogP contribution is -2.10. The van der Waals surface area contributed by atoms with Gasteiger partial charge in [0.05, 0.1) is 5.69 Å². The van der Waals surface area contributed by atoms with E-state index in [1.54, 1.807) is 0 Å². The Hall–Kier alpha value is -6.52. The predicted molar refractivity (Wildman–Crippen MR) is 202 cm³/mol. The van der Waals surface area contributed by atoms with Crippen molar-refractivity contribution in [3.63, 3.8) is 0 Å². The van der Waals surface area contributed by atoms with Crippen LogP contribution in [0.5, 0.6) is 5.75 Å². The fourth-order valence-corrected chi connectivity index (χ4v) is 7.23. The molecule has 4 heteroatoms. The zero-order valence-corrected chi connectivity index (χ0v) is 26.5. The number of rotatable bonds is 5. The highest BCUT2D eigenvalue weighted by Crippen LogP contribution is 2.46. The van der Waals surface area contributed by atoms with Crippen LogP contribution in [0.15, 0.2) is 174 Å². The number of hydrogen-bond acceptors (Lipinski definition) is 4. The molecule has 0 spiro atoms. The van der Waals surface area contributed by atoms with E-state index >= 15 is 0 Å². The van der Waals surface area contributed by atoms with Crippen LogP contribution in [0.1, 0.15) is 11.8 Å². The van der Waals surface area contributed by atoms with Gasteiger partial charge in [-0.3, -0.25) is 0 Å². The minimum atomic E-state index is -0.275. The molecule has 1 unspecified atom stereocenters. The van der Waals surface area contributed by atoms with Gasteiger partial charge in [0.15, 0.2) is 12.0 Å². The van der Waals surface area contributed by atoms with E-state index in [4.69, 9.17) is 9.15 Å². The fraction of sp³-hybridized carbons (Fsp3) is 0.0222. The molecule has 1 N–H and O–H groups in total. The molecule has 1 aromatic heterocycles. The lowest BCUT2D eigenvalue weighted by atomic mass is 10.0. The minimum absolute atomic E-state index is 0.275. The maximum absolute atomic E-state index is 6.73. The van der Waals surface area contributed by atoms with Crippen molar-refractivity contribution >= 4 is 66.2 Å². The number of hydrogen-bond donors (Lipinski definition) is 1. The van der Waals surface area contributed by atoms with Gasteiger partial charge < -0.3 is 19.4 Å². The Labute approximate surface area is 283 Å². The highest BCUT2D eigenvalue weighted by molar-refractivity contribution is 6.06. The molecule has 4 nitrogen and oxygen atoms in total. The standard InChI is InChI=1S/C45H30N2O2/c1-2-9-29(10-3-1)33-13-8-14-35(26-33)47(37-22-23-39-38-15-6-7-16-42(38)48-43(39)28-37)36-21-19-31-20-24-41-44(40(31)27-36)49-45(46-41)34-18-17-30-11-4-5-12-32(30)25-34/h1-28,45-46H. The lowest BCUT2D eigenvalue weighted by molar-refractivity contribution is 0.263. The molecule has 1 atom stereocenters. The lowest BCUT2D eigenvalue weighted by Gasteiger charge is -2.26. The van der Waals surface area contributed by atoms with E-state index < -0.39 is 0 Å². The first-order valence-electron chi connectivity index (χ1n) is 16.6. The summed E-state index contributed by atoms with van der Waals surface area (Å²) in [5, 5.41) is 10.4. The van der Waals surface area contributed by atoms with Gasteiger partial charge in [-0.25, -0.2) is 0 Å². The van der Waals surface area contributed by atoms with E-state index in [1.165, 1.54) is 16.3 Å². The monoisotopic (exact) mass is 630 g/mol. The molecule has 0 radical (unpaired) electrons. The first-order chi connectivity index (χ1) is 24.2. The van der Waals surface area contributed by atoms with Crippen molar-refractivity contribution in [3.05, 3.63) is 175 Å². The predicted octanol–water partition coefficient (Wildman–Crippen LogP) is 12.5. The molecule has 1 aliphatic heterocycles. The zero-order valence-electron chi connectivity index (χ0n) is 26.5. The van der Waals surface area contributed by atoms with E-state index in [0.29, 0.717) is 0 Å². The van der Waals surface area contributed by atoms with Crippen molar-refractivity contribution in [2.45, 2.75) is 6.23 Å². The summed E-state index contributed by atoms with van der Waals surface area (Å²) < 4.78 is 13.1. The number of para-hydroxylation sites is 1. The summed E-state index contributed by atoms with van der Waals surface area (Å²) in [4.78, 5) is 2.31. The molecule has 1 aliphatic rings. The number of anilines is 4. The Morgan fingerprint density at radius 3 is 2.10 bits per heavy atom. The van der Waals surface area contributed by atoms with Crippen LogP contribution in [0, 0.1) is 0 Å². The number of ether oxygens (including phenoxy) is 1. The van der Waals surface area contributed by atoms with Gasteiger partial charge in [0.1, 0.15) is 11.2 Å². The summed E-state index contributed by atoms with van der Waals surface area (Å²) in [6.45, 7) is 0. The minimum Gasteiger partial charge on any atom is -0.464 e. The van der Waals surface area contributed by atoms with Gasteiger partial charge in [-0.1, -0.05) is 109 Å². The highest BCUT2D eigenvalue weighted by atomic mass is 16.5. The van der Waals surface area contributed by atoms with E-state index in [2.05, 4.69) is 168 Å². The Bertz CT molecular complexity index is 2690. The number of nitrogens with one attached hydrogen (secondary N) is 1. The van der Waals surface area contributed by atoms with Gasteiger partial charge >= 0.3 is 0 Å². The van der Waals surface area contributed by atoms with Crippen LogP contribution in [0.3, 0.4) is 0 Å². The van der Waals surface area contributed by atoms with Crippen molar-refractivity contribution in [3.8, 4) is 16.9 Å². The summed E-state index contributed by atoms with van der Waals surface area (Å²) in [6.07, 6.45) is -0.275. The first kappa shape index (κ1) is 27.6. The second-order valence-corrected chi connectivity index (χ2v) is 12.6. The topological polar surface area (TPSA) is 37.6 Å². The molecule has 0 amide bonds. The van der Waals surface area contributed by atoms with E-state index in [-0.39, 0.29) is 6.23 Å². The largest absolute Gasteiger partial charge is 0.464 e. The third-order valence-corrected chi connectivity index (χ3v) is 9.64. The Morgan fingerprint density at radius 1 is 0.449 bits per heavy atom. The van der Waals surface area contributed by atoms with Crippen LogP contribution in [0.4, 0.5) is 22.7 Å². The molecule has 9 aromatic rings. The van der Waals surface area contributed by atoms with Crippen molar-refractivity contribution in [2.24, 2.45) is 0 Å². The van der Waals surface area contributed by atoms with Crippen molar-refractivity contribution in [1.82, 2.24) is 0 Å². The summed E-state index contributed by atoms with van der Waals surface area (Å²) in [5.74, 6) is 0.864. The number of benzene rings is 8. The van der Waals surface area contributed by atoms with Gasteiger partial charge in [0.2, 0.25) is 0 Å². The Balaban J connectivity index is 1.11. The molecule has 0 saturated carbocycles. The average Bonchev–Trinajstić information content (AvgIpc) is 3.77. The third-order valence-electron chi connectivity index (χ3n) is 9.64. The van der Waals surface area contributed by atoms with Crippen molar-refractivity contribution < 1.29 is 9.15 Å². The van der Waals surface area contributed by atoms with E-state index in [1.807, 2.05) is 12.1 Å². The Kier molecular flexibility index (Phi) is 6.21. The zero-order chi connectivity index (χ0) is 32.3. The van der Waals surface area contributed by atoms with E-state index in [0.717, 1.165) is 72.3 Å². The molecular formula is C45H30N2O2. The number of nitrogens with zero attached hydrogens (tertiary/aromatic N) is 1. The maximum Gasteiger partial charge on any atom is 0.196 e. The van der Waals surface area contributed by atoms with E-state index in [9.17, 15) is 0 Å². The fourth-order valence-electron chi connectivity index (χ4n) is 7.23. The molecule has 2 heterocycles. The summed E-state index contributed by atoms with van der Waals surface area (Å²) in [6, 6.07) is 59.8. The molecule has 232 valence electrons. The summed E-state index contributed by atoms with van der Waals surface area (Å²) in [5.41, 5.74) is 9.25. The van der Waals surface area contributed by atoms with Crippen LogP contribution < -0.4 is 15.0 Å². The molecule has 8 aromatic carbocycles. The van der Waals surface area contributed by atoms with Gasteiger partial charge in [-0.05, 0) is 81.9 Å². The normalized spacial score (nSPS) is 13.8. The van der Waals surface area contributed by atoms with Crippen LogP contribution in [-0.4, -0.2) is 0 Å². The van der Waals surface area contributed by atoms with Crippen molar-refractivity contribution in [1.29, 1.82) is 0 Å². The first-order valence-corrected chi connectivity index (χ1v) is 16.6. The average molecular weight is 631 g/mol. The van der Waals surface area contributed by atoms with Gasteiger partial charge in [0, 0.05) is 44.9 Å². The maximum atomic E-state index is 6.73. The van der Waals surface area contributed by atoms with Crippen molar-refractivity contribution in [2.75, 3.05) is 10.2 Å². The third kappa shape index (κ3) is 4.68. The van der Waals surface area contributed by atoms with Crippen LogP contribution in [-0.2, 0) is 0 Å².